The second-order valence-corrected chi connectivity index (χ2v) is 38.3. The minimum atomic E-state index is -0.225. The molecule has 0 unspecified atom stereocenters. The zero-order chi connectivity index (χ0) is 84.1. The summed E-state index contributed by atoms with van der Waals surface area (Å²) in [4.78, 5) is 70.8. The van der Waals surface area contributed by atoms with E-state index >= 15 is 0 Å². The van der Waals surface area contributed by atoms with Crippen LogP contribution in [0.25, 0.3) is 0 Å². The van der Waals surface area contributed by atoms with E-state index in [4.69, 9.17) is 0 Å². The molecule has 4 spiro atoms. The molecule has 8 aliphatic rings. The highest BCUT2D eigenvalue weighted by Gasteiger charge is 2.53. The lowest BCUT2D eigenvalue weighted by molar-refractivity contribution is -0.139. The van der Waals surface area contributed by atoms with Gasteiger partial charge in [0, 0.05) is 147 Å². The van der Waals surface area contributed by atoms with E-state index in [1.165, 1.54) is 114 Å². The van der Waals surface area contributed by atoms with E-state index < -0.39 is 0 Å². The Kier molecular flexibility index (Phi) is 32.5. The van der Waals surface area contributed by atoms with Gasteiger partial charge >= 0.3 is 0 Å². The molecule has 4 saturated heterocycles. The number of carbonyl (C=O) groups excluding carboxylic acids is 4. The van der Waals surface area contributed by atoms with Gasteiger partial charge in [0.25, 0.3) is 0 Å². The first-order chi connectivity index (χ1) is 57.6. The smallest absolute Gasteiger partial charge is 0.229 e. The Morgan fingerprint density at radius 2 is 0.655 bits per heavy atom. The maximum absolute atomic E-state index is 13.8. The Morgan fingerprint density at radius 3 is 0.924 bits per heavy atom. The van der Waals surface area contributed by atoms with E-state index in [1.54, 1.807) is 6.07 Å². The van der Waals surface area contributed by atoms with Gasteiger partial charge in [-0.25, -0.2) is 4.39 Å². The largest absolute Gasteiger partial charge is 0.342 e. The number of aryl methyl sites for hydroxylation is 1. The number of nitrogens with one attached hydrogen (secondary N) is 4. The van der Waals surface area contributed by atoms with Crippen LogP contribution >= 0.6 is 0 Å². The van der Waals surface area contributed by atoms with Crippen LogP contribution in [0.1, 0.15) is 312 Å². The third-order valence-corrected chi connectivity index (χ3v) is 28.6. The first kappa shape index (κ1) is 90.4. The molecule has 4 aromatic heterocycles. The monoisotopic (exact) mass is 1630 g/mol. The maximum Gasteiger partial charge on any atom is 0.229 e. The van der Waals surface area contributed by atoms with Crippen LogP contribution < -0.4 is 0 Å². The van der Waals surface area contributed by atoms with Crippen molar-refractivity contribution in [2.45, 2.75) is 298 Å². The number of unbranched alkanes of at least 4 members (excludes halogenated alkanes) is 4. The molecule has 650 valence electrons. The maximum atomic E-state index is 13.8. The average molecular weight is 1630 g/mol. The Bertz CT molecular complexity index is 4110. The third kappa shape index (κ3) is 23.1. The Hall–Kier alpha value is -7.85. The van der Waals surface area contributed by atoms with E-state index in [2.05, 4.69) is 193 Å². The summed E-state index contributed by atoms with van der Waals surface area (Å²) in [5.41, 5.74) is 14.2. The van der Waals surface area contributed by atoms with Gasteiger partial charge in [0.2, 0.25) is 23.6 Å². The lowest BCUT2D eigenvalue weighted by atomic mass is 9.68. The second kappa shape index (κ2) is 42.8. The van der Waals surface area contributed by atoms with E-state index in [9.17, 15) is 23.6 Å². The van der Waals surface area contributed by atoms with Gasteiger partial charge in [0.1, 0.15) is 5.82 Å². The van der Waals surface area contributed by atoms with E-state index in [-0.39, 0.29) is 33.4 Å². The molecule has 4 aliphatic heterocycles. The molecule has 4 N–H and O–H groups in total. The van der Waals surface area contributed by atoms with Crippen LogP contribution in [-0.2, 0) is 65.0 Å². The second-order valence-electron chi connectivity index (χ2n) is 38.3. The fourth-order valence-corrected chi connectivity index (χ4v) is 21.5. The number of nitrogens with zero attached hydrogens (tertiary/aromatic N) is 12. The molecule has 15 rings (SSSR count). The number of rotatable bonds is 32. The summed E-state index contributed by atoms with van der Waals surface area (Å²) in [7, 11) is 8.76. The number of amides is 4. The van der Waals surface area contributed by atoms with Gasteiger partial charge in [-0.15, -0.1) is 0 Å². The first-order valence-corrected chi connectivity index (χ1v) is 46.4. The average Bonchev–Trinajstić information content (AvgIpc) is 1.66. The number of aromatic nitrogens is 8. The van der Waals surface area contributed by atoms with Crippen LogP contribution in [0.3, 0.4) is 0 Å². The molecule has 4 saturated carbocycles. The normalized spacial score (nSPS) is 24.5. The highest BCUT2D eigenvalue weighted by Crippen LogP contribution is 2.54. The number of benzene rings is 3. The quantitative estimate of drug-likeness (QED) is 0.0310. The molecule has 8 fully saturated rings. The lowest BCUT2D eigenvalue weighted by Crippen LogP contribution is -2.38. The van der Waals surface area contributed by atoms with Crippen molar-refractivity contribution in [3.8, 4) is 0 Å². The molecule has 4 aliphatic carbocycles. The molecule has 7 aromatic rings. The minimum absolute atomic E-state index is 0.0660. The molecule has 3 aromatic carbocycles. The number of likely N-dealkylation sites (tertiary alicyclic amines) is 4. The number of H-pyrrole nitrogens is 4. The molecule has 0 atom stereocenters. The summed E-state index contributed by atoms with van der Waals surface area (Å²) < 4.78 is 13.8. The van der Waals surface area contributed by atoms with Crippen LogP contribution in [-0.4, -0.2) is 191 Å². The van der Waals surface area contributed by atoms with Crippen molar-refractivity contribution in [3.63, 3.8) is 0 Å². The third-order valence-electron chi connectivity index (χ3n) is 28.6. The number of hydrogen-bond donors (Lipinski definition) is 4. The van der Waals surface area contributed by atoms with Crippen LogP contribution in [0.4, 0.5) is 4.39 Å². The Labute approximate surface area is 712 Å². The molecular formula is C98H147FN16O4. The summed E-state index contributed by atoms with van der Waals surface area (Å²) in [5, 5.41) is 30.6. The summed E-state index contributed by atoms with van der Waals surface area (Å²) >= 11 is 0. The molecule has 4 amide bonds. The van der Waals surface area contributed by atoms with Gasteiger partial charge in [0.15, 0.2) is 0 Å². The van der Waals surface area contributed by atoms with Crippen molar-refractivity contribution in [1.82, 2.24) is 80.0 Å². The SMILES string of the molecule is CCCCN(C)Cc1cn[nH]c1C1CCC2(CC1)CCN(CC(C)C)C2=O.CCCCN(C)Cc1cn[nH]c1C1CCC2(CC1)CCN(Cc1cc(C)cc(F)c1)C2=O.CCCCN(C)Cc1cn[nH]c1C1CCC2(CC1)CCN(Cc1ccccc1)C2=O.CCCCN(C)Cc1cn[nH]c1C1CCC2(CC1)CCN(Cc1ccccc1)C2=O. The molecule has 20 nitrogen and oxygen atoms in total. The van der Waals surface area contributed by atoms with Gasteiger partial charge < -0.3 is 39.2 Å². The zero-order valence-corrected chi connectivity index (χ0v) is 74.7. The van der Waals surface area contributed by atoms with Gasteiger partial charge in [-0.3, -0.25) is 39.6 Å². The van der Waals surface area contributed by atoms with Crippen LogP contribution in [0.2, 0.25) is 0 Å². The molecule has 21 heteroatoms. The molecule has 0 bridgehead atoms. The number of carbonyl (C=O) groups is 4. The van der Waals surface area contributed by atoms with E-state index in [0.717, 1.165) is 238 Å². The number of aromatic amines is 4. The Morgan fingerprint density at radius 1 is 0.387 bits per heavy atom. The molecule has 0 radical (unpaired) electrons. The molecular weight excluding hydrogens is 1480 g/mol. The fourth-order valence-electron chi connectivity index (χ4n) is 21.5. The van der Waals surface area contributed by atoms with Gasteiger partial charge in [-0.05, 0) is 256 Å². The van der Waals surface area contributed by atoms with Crippen molar-refractivity contribution in [2.75, 3.05) is 87.1 Å². The van der Waals surface area contributed by atoms with E-state index in [1.807, 2.05) is 54.8 Å². The number of halogens is 1. The molecule has 8 heterocycles. The predicted molar refractivity (Wildman–Crippen MR) is 474 cm³/mol. The minimum Gasteiger partial charge on any atom is -0.342 e. The fraction of sp³-hybridized carbons (Fsp3) is 0.653. The van der Waals surface area contributed by atoms with Crippen molar-refractivity contribution >= 4 is 23.6 Å². The van der Waals surface area contributed by atoms with Gasteiger partial charge in [-0.1, -0.05) is 134 Å². The Balaban J connectivity index is 0.000000146. The first-order valence-electron chi connectivity index (χ1n) is 46.4. The van der Waals surface area contributed by atoms with Crippen molar-refractivity contribution in [3.05, 3.63) is 177 Å². The van der Waals surface area contributed by atoms with Crippen molar-refractivity contribution in [2.24, 2.45) is 27.6 Å². The summed E-state index contributed by atoms with van der Waals surface area (Å²) in [6.45, 7) is 30.0. The highest BCUT2D eigenvalue weighted by molar-refractivity contribution is 5.87. The topological polar surface area (TPSA) is 209 Å². The van der Waals surface area contributed by atoms with Gasteiger partial charge in [-0.2, -0.15) is 20.4 Å². The number of hydrogen-bond acceptors (Lipinski definition) is 12. The zero-order valence-electron chi connectivity index (χ0n) is 74.7. The van der Waals surface area contributed by atoms with Crippen LogP contribution in [0.15, 0.2) is 104 Å². The van der Waals surface area contributed by atoms with Crippen molar-refractivity contribution < 1.29 is 23.6 Å². The summed E-state index contributed by atoms with van der Waals surface area (Å²) in [5.74, 6) is 3.77. The van der Waals surface area contributed by atoms with Crippen LogP contribution in [0, 0.1) is 40.3 Å². The predicted octanol–water partition coefficient (Wildman–Crippen LogP) is 18.8. The van der Waals surface area contributed by atoms with E-state index in [0.29, 0.717) is 53.9 Å². The highest BCUT2D eigenvalue weighted by atomic mass is 19.1. The lowest BCUT2D eigenvalue weighted by Gasteiger charge is -2.36. The summed E-state index contributed by atoms with van der Waals surface area (Å²) in [6.07, 6.45) is 38.3. The van der Waals surface area contributed by atoms with Crippen LogP contribution in [0.5, 0.6) is 0 Å². The van der Waals surface area contributed by atoms with Gasteiger partial charge in [0.05, 0.1) is 46.4 Å². The molecule has 119 heavy (non-hydrogen) atoms. The standard InChI is InChI=1S/C26H37FN4O.2C25H36N4O.C22H38N4O/c1-4-5-11-30(3)18-22-16-28-29-24(22)21-6-8-26(9-7-21)10-12-31(25(26)32)17-20-13-19(2)14-23(27)15-20;2*1-3-4-15-28(2)19-22-17-26-27-23(22)21-10-12-25(13-11-21)14-16-29(24(25)30)18-20-8-6-5-7-9-20;1-5-6-12-25(4)16-19-14-23-24-20(19)18-7-9-22(10-8-18)11-13-26(21(22)27)15-17(2)3/h13-16,21H,4-12,17-18H2,1-3H3,(H,28,29);2*5-9,17,21H,3-4,10-16,18-19H2,1-2H3,(H,26,27);14,17-18H,5-13,15-16H2,1-4H3,(H,23,24). The van der Waals surface area contributed by atoms with Crippen molar-refractivity contribution in [1.29, 1.82) is 0 Å². The summed E-state index contributed by atoms with van der Waals surface area (Å²) in [6, 6.07) is 25.8.